The Hall–Kier alpha value is -6.36. The van der Waals surface area contributed by atoms with Crippen molar-refractivity contribution >= 4 is 85.8 Å². The number of para-hydroxylation sites is 1. The molecule has 11 aromatic rings. The number of aromatic nitrogens is 3. The molecule has 0 spiro atoms. The molecule has 53 heavy (non-hydrogen) atoms. The van der Waals surface area contributed by atoms with E-state index in [0.29, 0.717) is 5.95 Å². The first-order chi connectivity index (χ1) is 26.0. The van der Waals surface area contributed by atoms with Crippen molar-refractivity contribution in [3.8, 4) is 28.3 Å². The van der Waals surface area contributed by atoms with Crippen molar-refractivity contribution < 1.29 is 0 Å². The van der Waals surface area contributed by atoms with Crippen LogP contribution in [0.3, 0.4) is 0 Å². The summed E-state index contributed by atoms with van der Waals surface area (Å²) in [5.74, 6) is 0.679. The molecule has 4 heteroatoms. The average molecular weight is 694 g/mol. The molecule has 8 aromatic carbocycles. The Kier molecular flexibility index (Phi) is 5.72. The van der Waals surface area contributed by atoms with Gasteiger partial charge < -0.3 is 0 Å². The maximum atomic E-state index is 5.62. The van der Waals surface area contributed by atoms with Crippen LogP contribution in [0.4, 0.5) is 0 Å². The maximum Gasteiger partial charge on any atom is 0.235 e. The standard InChI is InChI=1S/C49H31N3S/c1-49(2)38-16-8-5-13-32(38)33-22-19-30(26-39(33)49)47-46-31-12-4-3-11-28(31)20-23-40(46)50-48(51-47)52-41-17-9-6-14-34(41)37-25-29-21-24-44-45(36(29)27-42(37)52)35-15-7-10-18-43(35)53-44/h3-27H,1-2H3. The van der Waals surface area contributed by atoms with Gasteiger partial charge in [0.1, 0.15) is 0 Å². The third-order valence-electron chi connectivity index (χ3n) is 11.8. The Morgan fingerprint density at radius 2 is 1.25 bits per heavy atom. The molecule has 3 heterocycles. The second-order valence-corrected chi connectivity index (χ2v) is 16.0. The van der Waals surface area contributed by atoms with Gasteiger partial charge in [-0.2, -0.15) is 0 Å². The molecule has 0 N–H and O–H groups in total. The zero-order valence-corrected chi connectivity index (χ0v) is 30.0. The Morgan fingerprint density at radius 3 is 2.17 bits per heavy atom. The van der Waals surface area contributed by atoms with Crippen LogP contribution >= 0.6 is 11.3 Å². The third kappa shape index (κ3) is 3.93. The molecular formula is C49H31N3S. The number of hydrogen-bond acceptors (Lipinski definition) is 3. The van der Waals surface area contributed by atoms with Crippen LogP contribution in [0.15, 0.2) is 152 Å². The normalized spacial score (nSPS) is 13.6. The molecule has 0 amide bonds. The molecule has 0 unspecified atom stereocenters. The lowest BCUT2D eigenvalue weighted by Crippen LogP contribution is -2.15. The summed E-state index contributed by atoms with van der Waals surface area (Å²) in [5, 5.41) is 10.9. The zero-order chi connectivity index (χ0) is 35.0. The van der Waals surface area contributed by atoms with Crippen molar-refractivity contribution in [2.45, 2.75) is 19.3 Å². The summed E-state index contributed by atoms with van der Waals surface area (Å²) in [6, 6.07) is 55.6. The largest absolute Gasteiger partial charge is 0.278 e. The minimum absolute atomic E-state index is 0.124. The molecule has 0 saturated heterocycles. The van der Waals surface area contributed by atoms with Gasteiger partial charge in [-0.15, -0.1) is 11.3 Å². The molecular weight excluding hydrogens is 663 g/mol. The quantitative estimate of drug-likeness (QED) is 0.169. The van der Waals surface area contributed by atoms with E-state index >= 15 is 0 Å². The van der Waals surface area contributed by atoms with Crippen molar-refractivity contribution in [2.75, 3.05) is 0 Å². The molecule has 248 valence electrons. The Balaban J connectivity index is 1.19. The molecule has 1 aliphatic rings. The van der Waals surface area contributed by atoms with E-state index in [4.69, 9.17) is 9.97 Å². The number of nitrogens with zero attached hydrogens (tertiary/aromatic N) is 3. The van der Waals surface area contributed by atoms with Gasteiger partial charge in [-0.25, -0.2) is 9.97 Å². The van der Waals surface area contributed by atoms with Gasteiger partial charge in [0.05, 0.1) is 22.2 Å². The summed E-state index contributed by atoms with van der Waals surface area (Å²) in [4.78, 5) is 11.0. The van der Waals surface area contributed by atoms with Crippen molar-refractivity contribution in [2.24, 2.45) is 0 Å². The summed E-state index contributed by atoms with van der Waals surface area (Å²) in [6.45, 7) is 4.69. The van der Waals surface area contributed by atoms with Crippen LogP contribution in [-0.2, 0) is 5.41 Å². The van der Waals surface area contributed by atoms with Gasteiger partial charge in [-0.3, -0.25) is 4.57 Å². The smallest absolute Gasteiger partial charge is 0.235 e. The van der Waals surface area contributed by atoms with Gasteiger partial charge in [-0.05, 0) is 86.3 Å². The molecule has 0 aliphatic heterocycles. The number of rotatable bonds is 2. The van der Waals surface area contributed by atoms with Gasteiger partial charge in [0, 0.05) is 47.3 Å². The van der Waals surface area contributed by atoms with E-state index in [2.05, 4.69) is 170 Å². The summed E-state index contributed by atoms with van der Waals surface area (Å²) in [7, 11) is 0. The monoisotopic (exact) mass is 693 g/mol. The molecule has 12 rings (SSSR count). The first-order valence-electron chi connectivity index (χ1n) is 18.2. The van der Waals surface area contributed by atoms with Crippen molar-refractivity contribution in [3.63, 3.8) is 0 Å². The lowest BCUT2D eigenvalue weighted by atomic mass is 9.81. The van der Waals surface area contributed by atoms with Crippen LogP contribution in [0.25, 0.3) is 103 Å². The first-order valence-corrected chi connectivity index (χ1v) is 19.1. The van der Waals surface area contributed by atoms with Crippen LogP contribution in [0, 0.1) is 0 Å². The second-order valence-electron chi connectivity index (χ2n) is 15.0. The maximum absolute atomic E-state index is 5.62. The molecule has 1 aliphatic carbocycles. The van der Waals surface area contributed by atoms with E-state index in [0.717, 1.165) is 38.6 Å². The van der Waals surface area contributed by atoms with Crippen LogP contribution < -0.4 is 0 Å². The van der Waals surface area contributed by atoms with Gasteiger partial charge >= 0.3 is 0 Å². The first kappa shape index (κ1) is 29.2. The lowest BCUT2D eigenvalue weighted by molar-refractivity contribution is 0.660. The fourth-order valence-electron chi connectivity index (χ4n) is 9.28. The van der Waals surface area contributed by atoms with Crippen LogP contribution in [0.2, 0.25) is 0 Å². The molecule has 0 bridgehead atoms. The van der Waals surface area contributed by atoms with Crippen LogP contribution in [-0.4, -0.2) is 14.5 Å². The fraction of sp³-hybridized carbons (Fsp3) is 0.0612. The average Bonchev–Trinajstić information content (AvgIpc) is 3.82. The highest BCUT2D eigenvalue weighted by atomic mass is 32.1. The van der Waals surface area contributed by atoms with E-state index in [1.165, 1.54) is 69.4 Å². The topological polar surface area (TPSA) is 30.7 Å². The van der Waals surface area contributed by atoms with E-state index in [1.807, 2.05) is 11.3 Å². The Bertz CT molecular complexity index is 3380. The highest BCUT2D eigenvalue weighted by Gasteiger charge is 2.35. The fourth-order valence-corrected chi connectivity index (χ4v) is 10.4. The predicted molar refractivity (Wildman–Crippen MR) is 225 cm³/mol. The van der Waals surface area contributed by atoms with E-state index in [-0.39, 0.29) is 5.41 Å². The van der Waals surface area contributed by atoms with Crippen LogP contribution in [0.1, 0.15) is 25.0 Å². The highest BCUT2D eigenvalue weighted by molar-refractivity contribution is 7.26. The summed E-state index contributed by atoms with van der Waals surface area (Å²) in [6.07, 6.45) is 0. The predicted octanol–water partition coefficient (Wildman–Crippen LogP) is 13.4. The van der Waals surface area contributed by atoms with Gasteiger partial charge in [0.15, 0.2) is 0 Å². The van der Waals surface area contributed by atoms with Crippen molar-refractivity contribution in [3.05, 3.63) is 163 Å². The molecule has 0 radical (unpaired) electrons. The van der Waals surface area contributed by atoms with Gasteiger partial charge in [0.2, 0.25) is 5.95 Å². The minimum atomic E-state index is -0.124. The molecule has 0 saturated carbocycles. The van der Waals surface area contributed by atoms with Gasteiger partial charge in [-0.1, -0.05) is 123 Å². The molecule has 3 aromatic heterocycles. The summed E-state index contributed by atoms with van der Waals surface area (Å²) in [5.41, 5.74) is 10.4. The number of hydrogen-bond donors (Lipinski definition) is 0. The van der Waals surface area contributed by atoms with E-state index in [1.54, 1.807) is 0 Å². The Labute approximate surface area is 309 Å². The SMILES string of the molecule is CC1(C)c2ccccc2-c2ccc(-c3nc(-n4c5ccccc5c5cc6ccc7sc8ccccc8c7c6cc54)nc4ccc5ccccc5c34)cc21. The summed E-state index contributed by atoms with van der Waals surface area (Å²) >= 11 is 1.86. The highest BCUT2D eigenvalue weighted by Crippen LogP contribution is 2.50. The van der Waals surface area contributed by atoms with E-state index < -0.39 is 0 Å². The molecule has 3 nitrogen and oxygen atoms in total. The number of benzene rings is 8. The van der Waals surface area contributed by atoms with Crippen molar-refractivity contribution in [1.29, 1.82) is 0 Å². The van der Waals surface area contributed by atoms with Gasteiger partial charge in [0.25, 0.3) is 0 Å². The second kappa shape index (κ2) is 10.4. The number of fused-ring (bicyclic) bond motifs is 14. The lowest BCUT2D eigenvalue weighted by Gasteiger charge is -2.22. The molecule has 0 fully saturated rings. The van der Waals surface area contributed by atoms with Crippen molar-refractivity contribution in [1.82, 2.24) is 14.5 Å². The minimum Gasteiger partial charge on any atom is -0.278 e. The van der Waals surface area contributed by atoms with E-state index in [9.17, 15) is 0 Å². The third-order valence-corrected chi connectivity index (χ3v) is 12.9. The summed E-state index contributed by atoms with van der Waals surface area (Å²) < 4.78 is 4.91. The molecule has 0 atom stereocenters. The van der Waals surface area contributed by atoms with Crippen LogP contribution in [0.5, 0.6) is 0 Å². The Morgan fingerprint density at radius 1 is 0.491 bits per heavy atom. The zero-order valence-electron chi connectivity index (χ0n) is 29.2. The number of thiophene rings is 1.